The van der Waals surface area contributed by atoms with Crippen LogP contribution in [0.5, 0.6) is 0 Å². The van der Waals surface area contributed by atoms with Gasteiger partial charge in [-0.15, -0.1) is 11.3 Å². The molecule has 0 bridgehead atoms. The number of thiazole rings is 1. The van der Waals surface area contributed by atoms with Crippen molar-refractivity contribution in [1.29, 1.82) is 0 Å². The monoisotopic (exact) mass is 218 g/mol. The Bertz CT molecular complexity index is 465. The third-order valence-electron chi connectivity index (χ3n) is 1.93. The zero-order chi connectivity index (χ0) is 10.7. The molecule has 0 spiro atoms. The Balaban J connectivity index is 2.15. The molecule has 1 N–H and O–H groups in total. The van der Waals surface area contributed by atoms with E-state index in [1.807, 2.05) is 30.5 Å². The first-order chi connectivity index (χ1) is 7.25. The highest BCUT2D eigenvalue weighted by Gasteiger charge is 2.06. The molecular weight excluding hydrogens is 208 g/mol. The molecule has 0 aliphatic carbocycles. The van der Waals surface area contributed by atoms with Crippen LogP contribution in [0.2, 0.25) is 0 Å². The number of amides is 1. The summed E-state index contributed by atoms with van der Waals surface area (Å²) in [5, 5.41) is 5.19. The molecule has 0 saturated carbocycles. The van der Waals surface area contributed by atoms with Crippen molar-refractivity contribution in [2.24, 2.45) is 0 Å². The van der Waals surface area contributed by atoms with E-state index >= 15 is 0 Å². The molecule has 3 nitrogen and oxygen atoms in total. The van der Waals surface area contributed by atoms with Gasteiger partial charge in [0.15, 0.2) is 5.13 Å². The van der Waals surface area contributed by atoms with Crippen LogP contribution in [0, 0.1) is 6.92 Å². The minimum absolute atomic E-state index is 0.117. The molecule has 0 aliphatic heterocycles. The van der Waals surface area contributed by atoms with E-state index in [1.54, 1.807) is 12.3 Å². The summed E-state index contributed by atoms with van der Waals surface area (Å²) in [4.78, 5) is 15.7. The highest BCUT2D eigenvalue weighted by molar-refractivity contribution is 7.13. The molecular formula is C11H10N2OS. The van der Waals surface area contributed by atoms with Gasteiger partial charge in [-0.05, 0) is 19.1 Å². The number of aromatic nitrogens is 1. The molecule has 76 valence electrons. The molecule has 0 fully saturated rings. The van der Waals surface area contributed by atoms with Gasteiger partial charge in [-0.3, -0.25) is 10.1 Å². The zero-order valence-corrected chi connectivity index (χ0v) is 9.04. The van der Waals surface area contributed by atoms with Crippen LogP contribution >= 0.6 is 11.3 Å². The van der Waals surface area contributed by atoms with Gasteiger partial charge in [-0.1, -0.05) is 17.7 Å². The molecule has 0 aliphatic rings. The Kier molecular flexibility index (Phi) is 2.78. The minimum atomic E-state index is -0.117. The largest absolute Gasteiger partial charge is 0.298 e. The molecule has 1 amide bonds. The second-order valence-corrected chi connectivity index (χ2v) is 4.06. The van der Waals surface area contributed by atoms with Crippen LogP contribution in [0.3, 0.4) is 0 Å². The highest BCUT2D eigenvalue weighted by atomic mass is 32.1. The molecule has 0 radical (unpaired) electrons. The zero-order valence-electron chi connectivity index (χ0n) is 8.23. The fraction of sp³-hybridized carbons (Fsp3) is 0.0909. The molecule has 2 rings (SSSR count). The number of anilines is 1. The van der Waals surface area contributed by atoms with Crippen molar-refractivity contribution < 1.29 is 4.79 Å². The predicted octanol–water partition coefficient (Wildman–Crippen LogP) is 2.70. The van der Waals surface area contributed by atoms with Crippen LogP contribution in [0.4, 0.5) is 5.13 Å². The summed E-state index contributed by atoms with van der Waals surface area (Å²) in [6.07, 6.45) is 1.66. The van der Waals surface area contributed by atoms with Gasteiger partial charge in [-0.25, -0.2) is 4.98 Å². The molecule has 2 aromatic rings. The molecule has 1 aromatic carbocycles. The first-order valence-electron chi connectivity index (χ1n) is 4.53. The average Bonchev–Trinajstić information content (AvgIpc) is 2.70. The lowest BCUT2D eigenvalue weighted by Gasteiger charge is -2.01. The molecule has 0 saturated heterocycles. The Morgan fingerprint density at radius 3 is 3.00 bits per heavy atom. The number of carbonyl (C=O) groups is 1. The normalized spacial score (nSPS) is 9.93. The van der Waals surface area contributed by atoms with E-state index in [-0.39, 0.29) is 5.91 Å². The molecule has 15 heavy (non-hydrogen) atoms. The number of hydrogen-bond donors (Lipinski definition) is 1. The van der Waals surface area contributed by atoms with Crippen molar-refractivity contribution in [2.45, 2.75) is 6.92 Å². The Morgan fingerprint density at radius 1 is 1.47 bits per heavy atom. The number of carbonyl (C=O) groups excluding carboxylic acids is 1. The standard InChI is InChI=1S/C11H10N2OS/c1-8-3-2-4-9(7-8)10(14)13-11-12-5-6-15-11/h2-7H,1H3,(H,12,13,14). The Morgan fingerprint density at radius 2 is 2.33 bits per heavy atom. The number of hydrogen-bond acceptors (Lipinski definition) is 3. The van der Waals surface area contributed by atoms with E-state index in [1.165, 1.54) is 11.3 Å². The van der Waals surface area contributed by atoms with Crippen molar-refractivity contribution >= 4 is 22.4 Å². The summed E-state index contributed by atoms with van der Waals surface area (Å²) in [5.74, 6) is -0.117. The van der Waals surface area contributed by atoms with E-state index in [4.69, 9.17) is 0 Å². The van der Waals surface area contributed by atoms with Crippen LogP contribution in [0.25, 0.3) is 0 Å². The molecule has 4 heteroatoms. The van der Waals surface area contributed by atoms with Gasteiger partial charge in [0.1, 0.15) is 0 Å². The van der Waals surface area contributed by atoms with Crippen molar-refractivity contribution in [3.8, 4) is 0 Å². The molecule has 0 unspecified atom stereocenters. The van der Waals surface area contributed by atoms with Gasteiger partial charge in [0, 0.05) is 17.1 Å². The first kappa shape index (κ1) is 9.86. The summed E-state index contributed by atoms with van der Waals surface area (Å²) < 4.78 is 0. The third-order valence-corrected chi connectivity index (χ3v) is 2.62. The van der Waals surface area contributed by atoms with Gasteiger partial charge in [0.25, 0.3) is 5.91 Å². The van der Waals surface area contributed by atoms with Gasteiger partial charge in [0.05, 0.1) is 0 Å². The topological polar surface area (TPSA) is 42.0 Å². The molecule has 0 atom stereocenters. The first-order valence-corrected chi connectivity index (χ1v) is 5.41. The van der Waals surface area contributed by atoms with Crippen molar-refractivity contribution in [1.82, 2.24) is 4.98 Å². The van der Waals surface area contributed by atoms with E-state index in [0.717, 1.165) is 5.56 Å². The Hall–Kier alpha value is -1.68. The molecule has 1 aromatic heterocycles. The summed E-state index contributed by atoms with van der Waals surface area (Å²) in [6.45, 7) is 1.96. The van der Waals surface area contributed by atoms with E-state index in [9.17, 15) is 4.79 Å². The number of benzene rings is 1. The molecule has 1 heterocycles. The summed E-state index contributed by atoms with van der Waals surface area (Å²) in [5.41, 5.74) is 1.73. The van der Waals surface area contributed by atoms with Crippen LogP contribution in [0.1, 0.15) is 15.9 Å². The van der Waals surface area contributed by atoms with Crippen molar-refractivity contribution in [2.75, 3.05) is 5.32 Å². The summed E-state index contributed by atoms with van der Waals surface area (Å²) in [7, 11) is 0. The van der Waals surface area contributed by atoms with Crippen molar-refractivity contribution in [3.05, 3.63) is 47.0 Å². The Labute approximate surface area is 91.8 Å². The third kappa shape index (κ3) is 2.41. The quantitative estimate of drug-likeness (QED) is 0.842. The minimum Gasteiger partial charge on any atom is -0.298 e. The SMILES string of the molecule is Cc1cccc(C(=O)Nc2nccs2)c1. The average molecular weight is 218 g/mol. The number of aryl methyl sites for hydroxylation is 1. The van der Waals surface area contributed by atoms with E-state index in [0.29, 0.717) is 10.7 Å². The predicted molar refractivity (Wildman–Crippen MR) is 61.2 cm³/mol. The van der Waals surface area contributed by atoms with Gasteiger partial charge in [-0.2, -0.15) is 0 Å². The summed E-state index contributed by atoms with van der Waals surface area (Å²) >= 11 is 1.41. The van der Waals surface area contributed by atoms with Gasteiger partial charge >= 0.3 is 0 Å². The van der Waals surface area contributed by atoms with E-state index in [2.05, 4.69) is 10.3 Å². The fourth-order valence-electron chi connectivity index (χ4n) is 1.24. The lowest BCUT2D eigenvalue weighted by molar-refractivity contribution is 0.102. The smallest absolute Gasteiger partial charge is 0.257 e. The van der Waals surface area contributed by atoms with E-state index < -0.39 is 0 Å². The maximum Gasteiger partial charge on any atom is 0.257 e. The lowest BCUT2D eigenvalue weighted by atomic mass is 10.1. The number of nitrogens with one attached hydrogen (secondary N) is 1. The maximum absolute atomic E-state index is 11.7. The highest BCUT2D eigenvalue weighted by Crippen LogP contribution is 2.12. The van der Waals surface area contributed by atoms with Gasteiger partial charge in [0.2, 0.25) is 0 Å². The van der Waals surface area contributed by atoms with Crippen molar-refractivity contribution in [3.63, 3.8) is 0 Å². The van der Waals surface area contributed by atoms with Crippen LogP contribution in [-0.4, -0.2) is 10.9 Å². The number of rotatable bonds is 2. The second kappa shape index (κ2) is 4.23. The second-order valence-electron chi connectivity index (χ2n) is 3.16. The summed E-state index contributed by atoms with van der Waals surface area (Å²) in [6, 6.07) is 7.46. The number of nitrogens with zero attached hydrogens (tertiary/aromatic N) is 1. The van der Waals surface area contributed by atoms with Gasteiger partial charge < -0.3 is 0 Å². The van der Waals surface area contributed by atoms with Crippen LogP contribution < -0.4 is 5.32 Å². The maximum atomic E-state index is 11.7. The van der Waals surface area contributed by atoms with Crippen LogP contribution in [0.15, 0.2) is 35.8 Å². The van der Waals surface area contributed by atoms with Crippen LogP contribution in [-0.2, 0) is 0 Å². The fourth-order valence-corrected chi connectivity index (χ4v) is 1.76. The lowest BCUT2D eigenvalue weighted by Crippen LogP contribution is -2.11.